The zero-order valence-corrected chi connectivity index (χ0v) is 20.2. The van der Waals surface area contributed by atoms with Crippen LogP contribution in [-0.2, 0) is 23.1 Å². The molecule has 2 aromatic rings. The lowest BCUT2D eigenvalue weighted by molar-refractivity contribution is 0.0789. The lowest BCUT2D eigenvalue weighted by atomic mass is 10.1. The summed E-state index contributed by atoms with van der Waals surface area (Å²) in [5, 5.41) is 0. The molecule has 8 heteroatoms. The Morgan fingerprint density at radius 1 is 0.969 bits per heavy atom. The molecule has 2 fully saturated rings. The zero-order chi connectivity index (χ0) is 22.6. The molecule has 2 aromatic carbocycles. The summed E-state index contributed by atoms with van der Waals surface area (Å²) in [5.41, 5.74) is 2.60. The third kappa shape index (κ3) is 5.54. The van der Waals surface area contributed by atoms with Crippen molar-refractivity contribution < 1.29 is 13.2 Å². The Labute approximate surface area is 195 Å². The average Bonchev–Trinajstić information content (AvgIpc) is 3.52. The van der Waals surface area contributed by atoms with Crippen molar-refractivity contribution in [3.05, 3.63) is 59.2 Å². The highest BCUT2D eigenvalue weighted by Crippen LogP contribution is 2.26. The molecule has 0 radical (unpaired) electrons. The normalized spacial score (nSPS) is 17.2. The van der Waals surface area contributed by atoms with Gasteiger partial charge in [0.1, 0.15) is 0 Å². The van der Waals surface area contributed by atoms with E-state index < -0.39 is 10.0 Å². The number of nitrogens with zero attached hydrogens (tertiary/aromatic N) is 2. The van der Waals surface area contributed by atoms with Crippen molar-refractivity contribution in [1.29, 1.82) is 0 Å². The number of nitrogens with one attached hydrogen (secondary N) is 1. The quantitative estimate of drug-likeness (QED) is 0.592. The van der Waals surface area contributed by atoms with Crippen LogP contribution >= 0.6 is 11.8 Å². The van der Waals surface area contributed by atoms with Gasteiger partial charge in [-0.2, -0.15) is 0 Å². The fraction of sp³-hybridized carbons (Fsp3) is 0.458. The SMILES string of the molecule is CSc1ccc(S(=O)(=O)NCc2cccc(CN3CCCC3)c2)cc1C(=O)N1CCCC1. The minimum Gasteiger partial charge on any atom is -0.339 e. The Morgan fingerprint density at radius 3 is 2.38 bits per heavy atom. The van der Waals surface area contributed by atoms with E-state index in [4.69, 9.17) is 0 Å². The highest BCUT2D eigenvalue weighted by molar-refractivity contribution is 7.98. The number of amides is 1. The minimum absolute atomic E-state index is 0.0847. The van der Waals surface area contributed by atoms with Crippen molar-refractivity contribution in [2.45, 2.75) is 48.6 Å². The van der Waals surface area contributed by atoms with Crippen LogP contribution in [0.4, 0.5) is 0 Å². The van der Waals surface area contributed by atoms with Gasteiger partial charge < -0.3 is 4.90 Å². The molecule has 32 heavy (non-hydrogen) atoms. The maximum Gasteiger partial charge on any atom is 0.255 e. The molecular weight excluding hydrogens is 442 g/mol. The van der Waals surface area contributed by atoms with Gasteiger partial charge in [-0.1, -0.05) is 24.3 Å². The van der Waals surface area contributed by atoms with Crippen LogP contribution in [0.25, 0.3) is 0 Å². The molecule has 6 nitrogen and oxygen atoms in total. The summed E-state index contributed by atoms with van der Waals surface area (Å²) < 4.78 is 28.7. The van der Waals surface area contributed by atoms with Gasteiger partial charge in [-0.15, -0.1) is 11.8 Å². The standard InChI is InChI=1S/C24H31N3O3S2/c1-31-23-10-9-21(16-22(23)24(28)27-13-4-5-14-27)32(29,30)25-17-19-7-6-8-20(15-19)18-26-11-2-3-12-26/h6-10,15-16,25H,2-5,11-14,17-18H2,1H3. The topological polar surface area (TPSA) is 69.7 Å². The molecular formula is C24H31N3O3S2. The Kier molecular flexibility index (Phi) is 7.55. The van der Waals surface area contributed by atoms with Crippen LogP contribution in [0.1, 0.15) is 47.2 Å². The lowest BCUT2D eigenvalue weighted by Gasteiger charge is -2.18. The number of rotatable bonds is 8. The third-order valence-electron chi connectivity index (χ3n) is 6.17. The number of thioether (sulfide) groups is 1. The van der Waals surface area contributed by atoms with Gasteiger partial charge in [0.25, 0.3) is 5.91 Å². The summed E-state index contributed by atoms with van der Waals surface area (Å²) in [6.45, 7) is 4.84. The number of hydrogen-bond acceptors (Lipinski definition) is 5. The molecule has 2 heterocycles. The van der Waals surface area contributed by atoms with Gasteiger partial charge in [0.2, 0.25) is 10.0 Å². The van der Waals surface area contributed by atoms with Crippen LogP contribution in [0.3, 0.4) is 0 Å². The highest BCUT2D eigenvalue weighted by Gasteiger charge is 2.24. The number of carbonyl (C=O) groups is 1. The summed E-state index contributed by atoms with van der Waals surface area (Å²) in [4.78, 5) is 18.1. The van der Waals surface area contributed by atoms with Crippen LogP contribution in [0.15, 0.2) is 52.3 Å². The van der Waals surface area contributed by atoms with E-state index in [1.54, 1.807) is 12.1 Å². The molecule has 0 atom stereocenters. The van der Waals surface area contributed by atoms with Crippen molar-refractivity contribution in [2.24, 2.45) is 0 Å². The number of benzene rings is 2. The van der Waals surface area contributed by atoms with Gasteiger partial charge in [-0.25, -0.2) is 13.1 Å². The summed E-state index contributed by atoms with van der Waals surface area (Å²) in [6.07, 6.45) is 6.39. The monoisotopic (exact) mass is 473 g/mol. The fourth-order valence-corrected chi connectivity index (χ4v) is 6.02. The number of hydrogen-bond donors (Lipinski definition) is 1. The molecule has 1 amide bonds. The molecule has 2 aliphatic heterocycles. The number of carbonyl (C=O) groups excluding carboxylic acids is 1. The predicted octanol–water partition coefficient (Wildman–Crippen LogP) is 3.72. The van der Waals surface area contributed by atoms with Crippen molar-refractivity contribution in [2.75, 3.05) is 32.4 Å². The van der Waals surface area contributed by atoms with E-state index >= 15 is 0 Å². The van der Waals surface area contributed by atoms with Crippen LogP contribution in [0.2, 0.25) is 0 Å². The van der Waals surface area contributed by atoms with E-state index in [-0.39, 0.29) is 17.3 Å². The third-order valence-corrected chi connectivity index (χ3v) is 8.36. The van der Waals surface area contributed by atoms with Crippen LogP contribution in [0, 0.1) is 0 Å². The maximum atomic E-state index is 13.0. The van der Waals surface area contributed by atoms with E-state index in [2.05, 4.69) is 21.8 Å². The van der Waals surface area contributed by atoms with Gasteiger partial charge >= 0.3 is 0 Å². The first kappa shape index (κ1) is 23.3. The average molecular weight is 474 g/mol. The number of sulfonamides is 1. The van der Waals surface area contributed by atoms with Crippen molar-refractivity contribution >= 4 is 27.7 Å². The van der Waals surface area contributed by atoms with E-state index in [0.717, 1.165) is 56.0 Å². The lowest BCUT2D eigenvalue weighted by Crippen LogP contribution is -2.29. The molecule has 2 saturated heterocycles. The van der Waals surface area contributed by atoms with Crippen LogP contribution in [-0.4, -0.2) is 56.6 Å². The Morgan fingerprint density at radius 2 is 1.66 bits per heavy atom. The van der Waals surface area contributed by atoms with E-state index in [0.29, 0.717) is 5.56 Å². The maximum absolute atomic E-state index is 13.0. The molecule has 0 aliphatic carbocycles. The highest BCUT2D eigenvalue weighted by atomic mass is 32.2. The minimum atomic E-state index is -3.74. The van der Waals surface area contributed by atoms with Crippen LogP contribution in [0.5, 0.6) is 0 Å². The summed E-state index contributed by atoms with van der Waals surface area (Å²) >= 11 is 1.46. The van der Waals surface area contributed by atoms with Gasteiger partial charge in [0.05, 0.1) is 10.5 Å². The van der Waals surface area contributed by atoms with Crippen molar-refractivity contribution in [3.8, 4) is 0 Å². The van der Waals surface area contributed by atoms with E-state index in [9.17, 15) is 13.2 Å². The van der Waals surface area contributed by atoms with Gasteiger partial charge in [-0.3, -0.25) is 9.69 Å². The van der Waals surface area contributed by atoms with Gasteiger partial charge in [-0.05, 0) is 74.4 Å². The molecule has 0 aromatic heterocycles. The van der Waals surface area contributed by atoms with Crippen molar-refractivity contribution in [1.82, 2.24) is 14.5 Å². The second-order valence-electron chi connectivity index (χ2n) is 8.49. The largest absolute Gasteiger partial charge is 0.339 e. The first-order valence-corrected chi connectivity index (χ1v) is 13.9. The van der Waals surface area contributed by atoms with Gasteiger partial charge in [0, 0.05) is 31.1 Å². The van der Waals surface area contributed by atoms with E-state index in [1.165, 1.54) is 36.2 Å². The summed E-state index contributed by atoms with van der Waals surface area (Å²) in [5.74, 6) is -0.0847. The first-order chi connectivity index (χ1) is 15.5. The second-order valence-corrected chi connectivity index (χ2v) is 11.1. The molecule has 0 saturated carbocycles. The Bertz CT molecular complexity index is 1060. The van der Waals surface area contributed by atoms with Crippen molar-refractivity contribution in [3.63, 3.8) is 0 Å². The molecule has 172 valence electrons. The van der Waals surface area contributed by atoms with E-state index in [1.807, 2.05) is 23.3 Å². The molecule has 0 spiro atoms. The summed E-state index contributed by atoms with van der Waals surface area (Å²) in [7, 11) is -3.74. The molecule has 2 aliphatic rings. The van der Waals surface area contributed by atoms with Gasteiger partial charge in [0.15, 0.2) is 0 Å². The molecule has 4 rings (SSSR count). The smallest absolute Gasteiger partial charge is 0.255 e. The molecule has 1 N–H and O–H groups in total. The number of likely N-dealkylation sites (tertiary alicyclic amines) is 2. The second kappa shape index (κ2) is 10.4. The Hall–Kier alpha value is -1.87. The predicted molar refractivity (Wildman–Crippen MR) is 128 cm³/mol. The fourth-order valence-electron chi connectivity index (χ4n) is 4.41. The first-order valence-electron chi connectivity index (χ1n) is 11.2. The van der Waals surface area contributed by atoms with Crippen LogP contribution < -0.4 is 4.72 Å². The summed E-state index contributed by atoms with van der Waals surface area (Å²) in [6, 6.07) is 12.9. The molecule has 0 unspecified atom stereocenters. The molecule has 0 bridgehead atoms. The zero-order valence-electron chi connectivity index (χ0n) is 18.5. The Balaban J connectivity index is 1.47.